The highest BCUT2D eigenvalue weighted by Crippen LogP contribution is 2.23. The van der Waals surface area contributed by atoms with Crippen LogP contribution in [0.3, 0.4) is 0 Å². The lowest BCUT2D eigenvalue weighted by molar-refractivity contribution is 0.375. The molecule has 1 fully saturated rings. The average Bonchev–Trinajstić information content (AvgIpc) is 2.48. The van der Waals surface area contributed by atoms with E-state index in [2.05, 4.69) is 23.5 Å². The molecule has 0 spiro atoms. The van der Waals surface area contributed by atoms with Gasteiger partial charge in [-0.25, -0.2) is 0 Å². The fourth-order valence-electron chi connectivity index (χ4n) is 2.57. The SMILES string of the molecule is COc1cccc(SCCCNC2CCCCC2)c1. The number of hydrogen-bond donors (Lipinski definition) is 1. The first-order valence-corrected chi connectivity index (χ1v) is 8.37. The van der Waals surface area contributed by atoms with E-state index in [-0.39, 0.29) is 0 Å². The van der Waals surface area contributed by atoms with Crippen LogP contribution in [0, 0.1) is 0 Å². The molecule has 19 heavy (non-hydrogen) atoms. The highest BCUT2D eigenvalue weighted by atomic mass is 32.2. The number of ether oxygens (including phenoxy) is 1. The van der Waals surface area contributed by atoms with Gasteiger partial charge >= 0.3 is 0 Å². The van der Waals surface area contributed by atoms with Gasteiger partial charge in [0.25, 0.3) is 0 Å². The Hall–Kier alpha value is -0.670. The summed E-state index contributed by atoms with van der Waals surface area (Å²) in [6, 6.07) is 9.10. The summed E-state index contributed by atoms with van der Waals surface area (Å²) in [6.07, 6.45) is 8.25. The third-order valence-electron chi connectivity index (χ3n) is 3.67. The minimum absolute atomic E-state index is 0.788. The van der Waals surface area contributed by atoms with E-state index < -0.39 is 0 Å². The molecule has 1 aromatic rings. The lowest BCUT2D eigenvalue weighted by Gasteiger charge is -2.22. The molecule has 0 saturated heterocycles. The van der Waals surface area contributed by atoms with Crippen molar-refractivity contribution in [3.63, 3.8) is 0 Å². The van der Waals surface area contributed by atoms with E-state index in [9.17, 15) is 0 Å². The minimum atomic E-state index is 0.788. The summed E-state index contributed by atoms with van der Waals surface area (Å²) in [7, 11) is 1.72. The molecule has 0 aromatic heterocycles. The molecule has 0 atom stereocenters. The largest absolute Gasteiger partial charge is 0.497 e. The van der Waals surface area contributed by atoms with Crippen LogP contribution < -0.4 is 10.1 Å². The van der Waals surface area contributed by atoms with Gasteiger partial charge in [-0.3, -0.25) is 0 Å². The second-order valence-electron chi connectivity index (χ2n) is 5.17. The normalized spacial score (nSPS) is 16.5. The zero-order chi connectivity index (χ0) is 13.3. The maximum atomic E-state index is 5.24. The van der Waals surface area contributed by atoms with E-state index in [1.807, 2.05) is 17.8 Å². The van der Waals surface area contributed by atoms with Crippen LogP contribution in [0.2, 0.25) is 0 Å². The Morgan fingerprint density at radius 1 is 1.26 bits per heavy atom. The third-order valence-corrected chi connectivity index (χ3v) is 4.75. The molecule has 1 aromatic carbocycles. The molecule has 0 heterocycles. The van der Waals surface area contributed by atoms with E-state index in [0.29, 0.717) is 0 Å². The standard InChI is InChI=1S/C16H25NOS/c1-18-15-9-5-10-16(13-15)19-12-6-11-17-14-7-3-2-4-8-14/h5,9-10,13-14,17H,2-4,6-8,11-12H2,1H3. The van der Waals surface area contributed by atoms with Crippen LogP contribution in [0.4, 0.5) is 0 Å². The lowest BCUT2D eigenvalue weighted by Crippen LogP contribution is -2.31. The maximum absolute atomic E-state index is 5.24. The first-order chi connectivity index (χ1) is 9.38. The fraction of sp³-hybridized carbons (Fsp3) is 0.625. The predicted octanol–water partition coefficient (Wildman–Crippen LogP) is 4.10. The smallest absolute Gasteiger partial charge is 0.119 e. The molecule has 0 radical (unpaired) electrons. The van der Waals surface area contributed by atoms with Crippen LogP contribution in [-0.4, -0.2) is 25.4 Å². The van der Waals surface area contributed by atoms with Crippen LogP contribution >= 0.6 is 11.8 Å². The molecule has 0 unspecified atom stereocenters. The number of hydrogen-bond acceptors (Lipinski definition) is 3. The highest BCUT2D eigenvalue weighted by molar-refractivity contribution is 7.99. The molecule has 106 valence electrons. The Balaban J connectivity index is 1.58. The van der Waals surface area contributed by atoms with Gasteiger partial charge in [-0.1, -0.05) is 25.3 Å². The molecule has 0 amide bonds. The van der Waals surface area contributed by atoms with Gasteiger partial charge in [-0.05, 0) is 49.8 Å². The van der Waals surface area contributed by atoms with Crippen molar-refractivity contribution in [3.8, 4) is 5.75 Å². The molecule has 3 heteroatoms. The zero-order valence-electron chi connectivity index (χ0n) is 11.9. The summed E-state index contributed by atoms with van der Waals surface area (Å²) >= 11 is 1.92. The molecule has 1 aliphatic rings. The third kappa shape index (κ3) is 5.45. The van der Waals surface area contributed by atoms with Gasteiger partial charge in [-0.2, -0.15) is 0 Å². The van der Waals surface area contributed by atoms with Gasteiger partial charge < -0.3 is 10.1 Å². The van der Waals surface area contributed by atoms with Crippen molar-refractivity contribution in [3.05, 3.63) is 24.3 Å². The second-order valence-corrected chi connectivity index (χ2v) is 6.34. The van der Waals surface area contributed by atoms with E-state index in [0.717, 1.165) is 18.3 Å². The van der Waals surface area contributed by atoms with Gasteiger partial charge in [0.15, 0.2) is 0 Å². The average molecular weight is 279 g/mol. The van der Waals surface area contributed by atoms with Gasteiger partial charge in [0.05, 0.1) is 7.11 Å². The summed E-state index contributed by atoms with van der Waals surface area (Å²) < 4.78 is 5.24. The minimum Gasteiger partial charge on any atom is -0.497 e. The summed E-state index contributed by atoms with van der Waals surface area (Å²) in [5, 5.41) is 3.69. The van der Waals surface area contributed by atoms with Gasteiger partial charge in [0, 0.05) is 10.9 Å². The van der Waals surface area contributed by atoms with Crippen LogP contribution in [0.1, 0.15) is 38.5 Å². The van der Waals surface area contributed by atoms with Crippen LogP contribution in [0.25, 0.3) is 0 Å². The summed E-state index contributed by atoms with van der Waals surface area (Å²) in [6.45, 7) is 1.15. The molecule has 1 saturated carbocycles. The van der Waals surface area contributed by atoms with Crippen molar-refractivity contribution < 1.29 is 4.74 Å². The summed E-state index contributed by atoms with van der Waals surface area (Å²) in [5.74, 6) is 2.12. The van der Waals surface area contributed by atoms with E-state index in [1.54, 1.807) is 7.11 Å². The van der Waals surface area contributed by atoms with Crippen LogP contribution in [0.15, 0.2) is 29.2 Å². The summed E-state index contributed by atoms with van der Waals surface area (Å²) in [4.78, 5) is 1.30. The first-order valence-electron chi connectivity index (χ1n) is 7.39. The number of nitrogens with one attached hydrogen (secondary N) is 1. The first kappa shape index (κ1) is 14.7. The van der Waals surface area contributed by atoms with E-state index in [4.69, 9.17) is 4.74 Å². The van der Waals surface area contributed by atoms with Crippen LogP contribution in [0.5, 0.6) is 5.75 Å². The molecule has 0 bridgehead atoms. The monoisotopic (exact) mass is 279 g/mol. The van der Waals surface area contributed by atoms with Gasteiger partial charge in [0.2, 0.25) is 0 Å². The topological polar surface area (TPSA) is 21.3 Å². The van der Waals surface area contributed by atoms with Crippen molar-refractivity contribution in [1.82, 2.24) is 5.32 Å². The number of methoxy groups -OCH3 is 1. The molecular weight excluding hydrogens is 254 g/mol. The van der Waals surface area contributed by atoms with Crippen LogP contribution in [-0.2, 0) is 0 Å². The highest BCUT2D eigenvalue weighted by Gasteiger charge is 2.11. The van der Waals surface area contributed by atoms with Crippen molar-refractivity contribution in [1.29, 1.82) is 0 Å². The summed E-state index contributed by atoms with van der Waals surface area (Å²) in [5.41, 5.74) is 0. The Labute approximate surface area is 121 Å². The number of benzene rings is 1. The van der Waals surface area contributed by atoms with E-state index in [1.165, 1.54) is 49.2 Å². The van der Waals surface area contributed by atoms with Gasteiger partial charge in [-0.15, -0.1) is 11.8 Å². The van der Waals surface area contributed by atoms with Crippen molar-refractivity contribution in [2.45, 2.75) is 49.5 Å². The maximum Gasteiger partial charge on any atom is 0.119 e. The molecule has 1 N–H and O–H groups in total. The van der Waals surface area contributed by atoms with Crippen molar-refractivity contribution in [2.75, 3.05) is 19.4 Å². The zero-order valence-corrected chi connectivity index (χ0v) is 12.7. The molecule has 0 aliphatic heterocycles. The van der Waals surface area contributed by atoms with Crippen molar-refractivity contribution >= 4 is 11.8 Å². The Morgan fingerprint density at radius 3 is 2.89 bits per heavy atom. The molecule has 2 rings (SSSR count). The molecule has 2 nitrogen and oxygen atoms in total. The Bertz CT molecular complexity index is 364. The Morgan fingerprint density at radius 2 is 2.11 bits per heavy atom. The van der Waals surface area contributed by atoms with Gasteiger partial charge in [0.1, 0.15) is 5.75 Å². The molecule has 1 aliphatic carbocycles. The van der Waals surface area contributed by atoms with Crippen molar-refractivity contribution in [2.24, 2.45) is 0 Å². The predicted molar refractivity (Wildman–Crippen MR) is 83.2 cm³/mol. The number of rotatable bonds is 7. The lowest BCUT2D eigenvalue weighted by atomic mass is 9.95. The Kier molecular flexibility index (Phi) is 6.58. The molecular formula is C16H25NOS. The quantitative estimate of drug-likeness (QED) is 0.600. The second kappa shape index (κ2) is 8.49. The van der Waals surface area contributed by atoms with E-state index >= 15 is 0 Å². The fourth-order valence-corrected chi connectivity index (χ4v) is 3.46. The number of thioether (sulfide) groups is 1.